The Morgan fingerprint density at radius 1 is 1.19 bits per heavy atom. The Morgan fingerprint density at radius 2 is 2.00 bits per heavy atom. The first kappa shape index (κ1) is 21.0. The molecule has 2 aromatic heterocycles. The van der Waals surface area contributed by atoms with Crippen molar-refractivity contribution in [2.24, 2.45) is 0 Å². The van der Waals surface area contributed by atoms with E-state index in [2.05, 4.69) is 15.5 Å². The number of amides is 1. The second kappa shape index (κ2) is 9.28. The quantitative estimate of drug-likeness (QED) is 0.385. The number of halogens is 1. The van der Waals surface area contributed by atoms with Gasteiger partial charge in [-0.1, -0.05) is 41.6 Å². The Hall–Kier alpha value is -3.23. The molecule has 158 valence electrons. The number of benzene rings is 2. The van der Waals surface area contributed by atoms with Crippen molar-refractivity contribution in [3.8, 4) is 22.8 Å². The lowest BCUT2D eigenvalue weighted by Gasteiger charge is -2.10. The highest BCUT2D eigenvalue weighted by atomic mass is 35.5. The number of anilines is 1. The van der Waals surface area contributed by atoms with Gasteiger partial charge in [-0.15, -0.1) is 10.2 Å². The zero-order valence-corrected chi connectivity index (χ0v) is 18.4. The lowest BCUT2D eigenvalue weighted by Crippen LogP contribution is -2.14. The molecule has 1 amide bonds. The first-order chi connectivity index (χ1) is 15.1. The molecule has 0 bridgehead atoms. The summed E-state index contributed by atoms with van der Waals surface area (Å²) in [6, 6.07) is 16.7. The molecule has 0 saturated heterocycles. The van der Waals surface area contributed by atoms with Crippen LogP contribution in [0, 0.1) is 6.92 Å². The molecule has 0 saturated carbocycles. The highest BCUT2D eigenvalue weighted by Gasteiger charge is 2.19. The number of hydrogen-bond donors (Lipinski definition) is 1. The third-order valence-corrected chi connectivity index (χ3v) is 5.74. The molecule has 4 aromatic rings. The van der Waals surface area contributed by atoms with Gasteiger partial charge in [0.25, 0.3) is 0 Å². The molecule has 31 heavy (non-hydrogen) atoms. The van der Waals surface area contributed by atoms with Crippen LogP contribution in [0.5, 0.6) is 5.75 Å². The molecule has 4 rings (SSSR count). The number of hydrogen-bond acceptors (Lipinski definition) is 6. The van der Waals surface area contributed by atoms with E-state index in [1.54, 1.807) is 24.5 Å². The first-order valence-corrected chi connectivity index (χ1v) is 10.7. The number of rotatable bonds is 7. The predicted octanol–water partition coefficient (Wildman–Crippen LogP) is 5.23. The number of carbonyl (C=O) groups is 1. The average Bonchev–Trinajstić information content (AvgIpc) is 3.38. The average molecular weight is 455 g/mol. The van der Waals surface area contributed by atoms with Gasteiger partial charge in [-0.25, -0.2) is 0 Å². The number of thioether (sulfide) groups is 1. The summed E-state index contributed by atoms with van der Waals surface area (Å²) in [4.78, 5) is 12.5. The molecule has 0 radical (unpaired) electrons. The molecule has 0 aliphatic heterocycles. The number of nitrogens with zero attached hydrogens (tertiary/aromatic N) is 3. The predicted molar refractivity (Wildman–Crippen MR) is 121 cm³/mol. The Balaban J connectivity index is 1.55. The SMILES string of the molecule is COc1ccc(NC(=O)CSc2nnc(-c3ccoc3C)n2-c2ccccc2)cc1Cl. The van der Waals surface area contributed by atoms with Gasteiger partial charge in [0.15, 0.2) is 11.0 Å². The molecule has 2 aromatic carbocycles. The number of furan rings is 1. The van der Waals surface area contributed by atoms with Crippen LogP contribution >= 0.6 is 23.4 Å². The number of carbonyl (C=O) groups excluding carboxylic acids is 1. The number of aryl methyl sites for hydroxylation is 1. The van der Waals surface area contributed by atoms with E-state index in [9.17, 15) is 4.79 Å². The second-order valence-electron chi connectivity index (χ2n) is 6.55. The van der Waals surface area contributed by atoms with E-state index in [0.29, 0.717) is 27.4 Å². The Bertz CT molecular complexity index is 1210. The van der Waals surface area contributed by atoms with Crippen molar-refractivity contribution in [2.45, 2.75) is 12.1 Å². The van der Waals surface area contributed by atoms with Crippen molar-refractivity contribution < 1.29 is 13.9 Å². The Labute approximate surface area is 188 Å². The van der Waals surface area contributed by atoms with Crippen molar-refractivity contribution in [1.29, 1.82) is 0 Å². The Kier molecular flexibility index (Phi) is 6.29. The van der Waals surface area contributed by atoms with Crippen molar-refractivity contribution in [3.63, 3.8) is 0 Å². The van der Waals surface area contributed by atoms with Crippen LogP contribution in [0.25, 0.3) is 17.1 Å². The van der Waals surface area contributed by atoms with Gasteiger partial charge in [0.1, 0.15) is 11.5 Å². The van der Waals surface area contributed by atoms with Gasteiger partial charge in [-0.2, -0.15) is 0 Å². The largest absolute Gasteiger partial charge is 0.495 e. The van der Waals surface area contributed by atoms with Crippen molar-refractivity contribution in [1.82, 2.24) is 14.8 Å². The fraction of sp³-hybridized carbons (Fsp3) is 0.136. The summed E-state index contributed by atoms with van der Waals surface area (Å²) in [5.41, 5.74) is 2.34. The lowest BCUT2D eigenvalue weighted by molar-refractivity contribution is -0.113. The standard InChI is InChI=1S/C22H19ClN4O3S/c1-14-17(10-11-30-14)21-25-26-22(27(21)16-6-4-3-5-7-16)31-13-20(28)24-15-8-9-19(29-2)18(23)12-15/h3-12H,13H2,1-2H3,(H,24,28). The monoisotopic (exact) mass is 454 g/mol. The maximum absolute atomic E-state index is 12.5. The van der Waals surface area contributed by atoms with Gasteiger partial charge < -0.3 is 14.5 Å². The van der Waals surface area contributed by atoms with E-state index in [1.165, 1.54) is 18.9 Å². The third kappa shape index (κ3) is 4.60. The van der Waals surface area contributed by atoms with Crippen molar-refractivity contribution in [3.05, 3.63) is 71.6 Å². The van der Waals surface area contributed by atoms with Gasteiger partial charge in [0.05, 0.1) is 29.7 Å². The first-order valence-electron chi connectivity index (χ1n) is 9.38. The molecule has 0 aliphatic carbocycles. The van der Waals surface area contributed by atoms with Crippen LogP contribution in [-0.2, 0) is 4.79 Å². The van der Waals surface area contributed by atoms with Crippen LogP contribution in [0.3, 0.4) is 0 Å². The zero-order valence-electron chi connectivity index (χ0n) is 16.8. The summed E-state index contributed by atoms with van der Waals surface area (Å²) in [7, 11) is 1.54. The number of para-hydroxylation sites is 1. The molecule has 1 N–H and O–H groups in total. The second-order valence-corrected chi connectivity index (χ2v) is 7.90. The van der Waals surface area contributed by atoms with Crippen molar-refractivity contribution in [2.75, 3.05) is 18.2 Å². The van der Waals surface area contributed by atoms with Crippen LogP contribution in [-0.4, -0.2) is 33.5 Å². The smallest absolute Gasteiger partial charge is 0.234 e. The van der Waals surface area contributed by atoms with Crippen LogP contribution < -0.4 is 10.1 Å². The number of methoxy groups -OCH3 is 1. The number of ether oxygens (including phenoxy) is 1. The van der Waals surface area contributed by atoms with Gasteiger partial charge >= 0.3 is 0 Å². The summed E-state index contributed by atoms with van der Waals surface area (Å²) in [5.74, 6) is 1.92. The van der Waals surface area contributed by atoms with Crippen LogP contribution in [0.2, 0.25) is 5.02 Å². The fourth-order valence-corrected chi connectivity index (χ4v) is 4.05. The summed E-state index contributed by atoms with van der Waals surface area (Å²) < 4.78 is 12.5. The molecule has 7 nitrogen and oxygen atoms in total. The summed E-state index contributed by atoms with van der Waals surface area (Å²) in [6.07, 6.45) is 1.62. The van der Waals surface area contributed by atoms with E-state index in [0.717, 1.165) is 17.0 Å². The van der Waals surface area contributed by atoms with E-state index >= 15 is 0 Å². The fourth-order valence-electron chi connectivity index (χ4n) is 3.04. The highest BCUT2D eigenvalue weighted by molar-refractivity contribution is 7.99. The highest BCUT2D eigenvalue weighted by Crippen LogP contribution is 2.31. The Morgan fingerprint density at radius 3 is 2.68 bits per heavy atom. The van der Waals surface area contributed by atoms with E-state index in [4.69, 9.17) is 20.8 Å². The maximum atomic E-state index is 12.5. The van der Waals surface area contributed by atoms with Crippen LogP contribution in [0.15, 0.2) is 70.4 Å². The summed E-state index contributed by atoms with van der Waals surface area (Å²) in [6.45, 7) is 1.87. The van der Waals surface area contributed by atoms with Gasteiger partial charge in [0, 0.05) is 11.4 Å². The minimum Gasteiger partial charge on any atom is -0.495 e. The topological polar surface area (TPSA) is 82.2 Å². The molecule has 2 heterocycles. The molecule has 9 heteroatoms. The summed E-state index contributed by atoms with van der Waals surface area (Å²) >= 11 is 7.42. The molecule has 0 aliphatic rings. The molecule has 0 spiro atoms. The van der Waals surface area contributed by atoms with Gasteiger partial charge in [0.2, 0.25) is 5.91 Å². The number of nitrogens with one attached hydrogen (secondary N) is 1. The molecule has 0 unspecified atom stereocenters. The van der Waals surface area contributed by atoms with E-state index in [-0.39, 0.29) is 11.7 Å². The molecular formula is C22H19ClN4O3S. The van der Waals surface area contributed by atoms with Crippen molar-refractivity contribution >= 4 is 35.0 Å². The van der Waals surface area contributed by atoms with E-state index in [1.807, 2.05) is 47.9 Å². The zero-order chi connectivity index (χ0) is 21.8. The normalized spacial score (nSPS) is 10.8. The maximum Gasteiger partial charge on any atom is 0.234 e. The lowest BCUT2D eigenvalue weighted by atomic mass is 10.2. The minimum atomic E-state index is -0.185. The minimum absolute atomic E-state index is 0.152. The van der Waals surface area contributed by atoms with E-state index < -0.39 is 0 Å². The van der Waals surface area contributed by atoms with Gasteiger partial charge in [-0.3, -0.25) is 9.36 Å². The summed E-state index contributed by atoms with van der Waals surface area (Å²) in [5, 5.41) is 12.5. The molecule has 0 atom stereocenters. The number of aromatic nitrogens is 3. The molecule has 0 fully saturated rings. The molecular weight excluding hydrogens is 436 g/mol. The van der Waals surface area contributed by atoms with Gasteiger partial charge in [-0.05, 0) is 43.3 Å². The third-order valence-electron chi connectivity index (χ3n) is 4.52. The van der Waals surface area contributed by atoms with Crippen LogP contribution in [0.1, 0.15) is 5.76 Å². The van der Waals surface area contributed by atoms with Crippen LogP contribution in [0.4, 0.5) is 5.69 Å².